The van der Waals surface area contributed by atoms with Gasteiger partial charge in [-0.2, -0.15) is 0 Å². The first kappa shape index (κ1) is 12.8. The molecular weight excluding hydrogens is 280 g/mol. The molecule has 0 amide bonds. The van der Waals surface area contributed by atoms with Gasteiger partial charge < -0.3 is 14.6 Å². The van der Waals surface area contributed by atoms with E-state index >= 15 is 0 Å². The van der Waals surface area contributed by atoms with Crippen LogP contribution in [0.15, 0.2) is 23.0 Å². The zero-order chi connectivity index (χ0) is 15.4. The van der Waals surface area contributed by atoms with E-state index in [1.165, 1.54) is 6.33 Å². The minimum Gasteiger partial charge on any atom is -0.493 e. The summed E-state index contributed by atoms with van der Waals surface area (Å²) in [5, 5.41) is 15.6. The molecule has 4 aromatic rings. The van der Waals surface area contributed by atoms with Crippen LogP contribution < -0.4 is 0 Å². The Hall–Kier alpha value is -2.89. The maximum atomic E-state index is 9.99. The maximum absolute atomic E-state index is 9.99. The Kier molecular flexibility index (Phi) is 2.51. The summed E-state index contributed by atoms with van der Waals surface area (Å²) in [4.78, 5) is 11.3. The highest BCUT2D eigenvalue weighted by atomic mass is 16.5. The fourth-order valence-corrected chi connectivity index (χ4v) is 3.00. The fraction of sp³-hybridized carbons (Fsp3) is 0.188. The van der Waals surface area contributed by atoms with E-state index in [1.54, 1.807) is 0 Å². The van der Waals surface area contributed by atoms with Crippen molar-refractivity contribution in [1.82, 2.24) is 20.1 Å². The number of benzene rings is 1. The van der Waals surface area contributed by atoms with E-state index in [-0.39, 0.29) is 5.88 Å². The van der Waals surface area contributed by atoms with Crippen molar-refractivity contribution in [3.63, 3.8) is 0 Å². The van der Waals surface area contributed by atoms with E-state index in [1.807, 2.05) is 32.9 Å². The summed E-state index contributed by atoms with van der Waals surface area (Å²) in [5.41, 5.74) is 5.52. The van der Waals surface area contributed by atoms with Crippen molar-refractivity contribution < 1.29 is 9.63 Å². The van der Waals surface area contributed by atoms with Crippen LogP contribution in [-0.2, 0) is 0 Å². The average molecular weight is 294 g/mol. The van der Waals surface area contributed by atoms with Crippen molar-refractivity contribution in [1.29, 1.82) is 0 Å². The van der Waals surface area contributed by atoms with Gasteiger partial charge in [0.05, 0.1) is 11.1 Å². The molecule has 0 saturated carbocycles. The number of aromatic amines is 1. The van der Waals surface area contributed by atoms with E-state index in [2.05, 4.69) is 20.1 Å². The summed E-state index contributed by atoms with van der Waals surface area (Å²) < 4.78 is 5.27. The topological polar surface area (TPSA) is 87.8 Å². The molecule has 3 aromatic heterocycles. The summed E-state index contributed by atoms with van der Waals surface area (Å²) in [7, 11) is 0. The fourth-order valence-electron chi connectivity index (χ4n) is 3.00. The Bertz CT molecular complexity index is 1010. The van der Waals surface area contributed by atoms with Crippen LogP contribution in [0.2, 0.25) is 0 Å². The number of aryl methyl sites for hydroxylation is 3. The first-order chi connectivity index (χ1) is 10.6. The number of aromatic nitrogens is 4. The van der Waals surface area contributed by atoms with E-state index < -0.39 is 0 Å². The summed E-state index contributed by atoms with van der Waals surface area (Å²) in [6.07, 6.45) is 1.34. The quantitative estimate of drug-likeness (QED) is 0.561. The lowest BCUT2D eigenvalue weighted by Crippen LogP contribution is -1.87. The predicted molar refractivity (Wildman–Crippen MR) is 82.8 cm³/mol. The van der Waals surface area contributed by atoms with Crippen molar-refractivity contribution >= 4 is 21.9 Å². The molecule has 0 atom stereocenters. The van der Waals surface area contributed by atoms with E-state index in [0.29, 0.717) is 11.0 Å². The molecule has 3 heterocycles. The van der Waals surface area contributed by atoms with Gasteiger partial charge in [0.2, 0.25) is 5.88 Å². The predicted octanol–water partition coefficient (Wildman–Crippen LogP) is 3.40. The molecule has 110 valence electrons. The largest absolute Gasteiger partial charge is 0.493 e. The van der Waals surface area contributed by atoms with Crippen LogP contribution in [0.4, 0.5) is 0 Å². The van der Waals surface area contributed by atoms with Crippen molar-refractivity contribution in [2.75, 3.05) is 0 Å². The number of hydrogen-bond acceptors (Lipinski definition) is 5. The second kappa shape index (κ2) is 4.30. The number of hydrogen-bond donors (Lipinski definition) is 2. The van der Waals surface area contributed by atoms with Gasteiger partial charge >= 0.3 is 0 Å². The number of H-pyrrole nitrogens is 1. The van der Waals surface area contributed by atoms with Crippen LogP contribution in [-0.4, -0.2) is 25.2 Å². The highest BCUT2D eigenvalue weighted by molar-refractivity contribution is 6.09. The molecule has 0 spiro atoms. The SMILES string of the molecule is Cc1cc2c(cc1-c1c(C)noc1C)[nH]c1ncnc(O)c12. The number of rotatable bonds is 1. The van der Waals surface area contributed by atoms with Crippen LogP contribution in [0.1, 0.15) is 17.0 Å². The van der Waals surface area contributed by atoms with Gasteiger partial charge in [-0.25, -0.2) is 9.97 Å². The third-order valence-corrected chi connectivity index (χ3v) is 4.02. The second-order valence-corrected chi connectivity index (χ2v) is 5.46. The van der Waals surface area contributed by atoms with Crippen molar-refractivity contribution in [2.45, 2.75) is 20.8 Å². The lowest BCUT2D eigenvalue weighted by Gasteiger charge is -2.06. The van der Waals surface area contributed by atoms with E-state index in [9.17, 15) is 5.11 Å². The number of nitrogens with one attached hydrogen (secondary N) is 1. The molecule has 0 unspecified atom stereocenters. The van der Waals surface area contributed by atoms with Crippen LogP contribution >= 0.6 is 0 Å². The minimum absolute atomic E-state index is 0.0132. The molecule has 0 aliphatic heterocycles. The number of fused-ring (bicyclic) bond motifs is 3. The smallest absolute Gasteiger partial charge is 0.224 e. The zero-order valence-corrected chi connectivity index (χ0v) is 12.4. The van der Waals surface area contributed by atoms with E-state index in [4.69, 9.17) is 4.52 Å². The molecule has 22 heavy (non-hydrogen) atoms. The second-order valence-electron chi connectivity index (χ2n) is 5.46. The maximum Gasteiger partial charge on any atom is 0.224 e. The number of nitrogens with zero attached hydrogens (tertiary/aromatic N) is 3. The van der Waals surface area contributed by atoms with Crippen molar-refractivity contribution in [3.8, 4) is 17.0 Å². The van der Waals surface area contributed by atoms with Crippen molar-refractivity contribution in [3.05, 3.63) is 35.5 Å². The van der Waals surface area contributed by atoms with Gasteiger partial charge in [0.15, 0.2) is 0 Å². The van der Waals surface area contributed by atoms with Crippen LogP contribution in [0.5, 0.6) is 5.88 Å². The Morgan fingerprint density at radius 3 is 2.68 bits per heavy atom. The van der Waals surface area contributed by atoms with Gasteiger partial charge in [0, 0.05) is 16.5 Å². The summed E-state index contributed by atoms with van der Waals surface area (Å²) in [6, 6.07) is 4.07. The Morgan fingerprint density at radius 2 is 1.95 bits per heavy atom. The Labute approximate surface area is 125 Å². The lowest BCUT2D eigenvalue weighted by atomic mass is 9.97. The van der Waals surface area contributed by atoms with Gasteiger partial charge in [-0.1, -0.05) is 5.16 Å². The molecular formula is C16H14N4O2. The van der Waals surface area contributed by atoms with Crippen LogP contribution in [0, 0.1) is 20.8 Å². The van der Waals surface area contributed by atoms with Crippen LogP contribution in [0.3, 0.4) is 0 Å². The first-order valence-electron chi connectivity index (χ1n) is 6.95. The average Bonchev–Trinajstić information content (AvgIpc) is 2.99. The summed E-state index contributed by atoms with van der Waals surface area (Å²) >= 11 is 0. The standard InChI is InChI=1S/C16H14N4O2/c1-7-4-11-12(19-15-14(11)16(21)18-6-17-15)5-10(7)13-8(2)20-22-9(13)3/h4-6H,1-3H3,(H2,17,18,19,21). The summed E-state index contributed by atoms with van der Waals surface area (Å²) in [5.74, 6) is 0.777. The molecule has 0 radical (unpaired) electrons. The van der Waals surface area contributed by atoms with Gasteiger partial charge in [-0.3, -0.25) is 0 Å². The first-order valence-corrected chi connectivity index (χ1v) is 6.95. The highest BCUT2D eigenvalue weighted by Crippen LogP contribution is 2.36. The molecule has 4 rings (SSSR count). The van der Waals surface area contributed by atoms with Gasteiger partial charge in [0.25, 0.3) is 0 Å². The van der Waals surface area contributed by atoms with Gasteiger partial charge in [-0.15, -0.1) is 0 Å². The lowest BCUT2D eigenvalue weighted by molar-refractivity contribution is 0.393. The van der Waals surface area contributed by atoms with E-state index in [0.717, 1.165) is 39.0 Å². The monoisotopic (exact) mass is 294 g/mol. The Morgan fingerprint density at radius 1 is 1.14 bits per heavy atom. The molecule has 0 saturated heterocycles. The molecule has 0 aliphatic carbocycles. The minimum atomic E-state index is -0.0132. The molecule has 1 aromatic carbocycles. The highest BCUT2D eigenvalue weighted by Gasteiger charge is 2.17. The van der Waals surface area contributed by atoms with Gasteiger partial charge in [0.1, 0.15) is 17.7 Å². The molecule has 0 bridgehead atoms. The third-order valence-electron chi connectivity index (χ3n) is 4.02. The Balaban J connectivity index is 2.10. The van der Waals surface area contributed by atoms with Crippen molar-refractivity contribution in [2.24, 2.45) is 0 Å². The molecule has 6 nitrogen and oxygen atoms in total. The number of aromatic hydroxyl groups is 1. The molecule has 6 heteroatoms. The van der Waals surface area contributed by atoms with Crippen LogP contribution in [0.25, 0.3) is 33.1 Å². The molecule has 0 aliphatic rings. The normalized spacial score (nSPS) is 11.6. The van der Waals surface area contributed by atoms with Gasteiger partial charge in [-0.05, 0) is 44.0 Å². The molecule has 0 fully saturated rings. The zero-order valence-electron chi connectivity index (χ0n) is 12.4. The third kappa shape index (κ3) is 1.64. The molecule has 2 N–H and O–H groups in total. The summed E-state index contributed by atoms with van der Waals surface area (Å²) in [6.45, 7) is 5.86.